The molecular weight excluding hydrogens is 336 g/mol. The molecule has 1 fully saturated rings. The van der Waals surface area contributed by atoms with Crippen LogP contribution in [0.5, 0.6) is 0 Å². The minimum atomic E-state index is -0.481. The van der Waals surface area contributed by atoms with Crippen LogP contribution in [0.25, 0.3) is 0 Å². The fourth-order valence-electron chi connectivity index (χ4n) is 2.97. The monoisotopic (exact) mass is 356 g/mol. The standard InChI is InChI=1S/C19H20N2O5/c1-25-19(24)14-4-2-3-13(11-14)17(22)20-16-5-8-21(9-6-16)18(23)15-7-10-26-12-15/h2-4,7,10-12,16H,5-6,8-9H2,1H3,(H,20,22). The highest BCUT2D eigenvalue weighted by molar-refractivity contribution is 5.98. The summed E-state index contributed by atoms with van der Waals surface area (Å²) in [6.07, 6.45) is 4.26. The largest absolute Gasteiger partial charge is 0.472 e. The molecule has 2 aromatic rings. The van der Waals surface area contributed by atoms with Gasteiger partial charge in [0, 0.05) is 24.7 Å². The van der Waals surface area contributed by atoms with Crippen LogP contribution in [-0.2, 0) is 4.74 Å². The second-order valence-electron chi connectivity index (χ2n) is 6.12. The van der Waals surface area contributed by atoms with Crippen molar-refractivity contribution < 1.29 is 23.5 Å². The molecule has 2 amide bonds. The lowest BCUT2D eigenvalue weighted by Crippen LogP contribution is -2.46. The first-order valence-corrected chi connectivity index (χ1v) is 8.39. The quantitative estimate of drug-likeness (QED) is 0.848. The molecule has 136 valence electrons. The van der Waals surface area contributed by atoms with Crippen molar-refractivity contribution in [3.05, 3.63) is 59.5 Å². The zero-order chi connectivity index (χ0) is 18.5. The van der Waals surface area contributed by atoms with Gasteiger partial charge in [-0.25, -0.2) is 4.79 Å². The van der Waals surface area contributed by atoms with Crippen molar-refractivity contribution in [1.29, 1.82) is 0 Å². The molecule has 7 heteroatoms. The topological polar surface area (TPSA) is 88.9 Å². The van der Waals surface area contributed by atoms with Gasteiger partial charge in [-0.3, -0.25) is 9.59 Å². The fourth-order valence-corrected chi connectivity index (χ4v) is 2.97. The van der Waals surface area contributed by atoms with Gasteiger partial charge in [-0.15, -0.1) is 0 Å². The third kappa shape index (κ3) is 3.93. The number of hydrogen-bond donors (Lipinski definition) is 1. The van der Waals surface area contributed by atoms with Crippen molar-refractivity contribution in [3.8, 4) is 0 Å². The predicted molar refractivity (Wildman–Crippen MR) is 92.9 cm³/mol. The lowest BCUT2D eigenvalue weighted by Gasteiger charge is -2.32. The molecule has 1 saturated heterocycles. The summed E-state index contributed by atoms with van der Waals surface area (Å²) in [6, 6.07) is 8.04. The third-order valence-corrected chi connectivity index (χ3v) is 4.43. The van der Waals surface area contributed by atoms with E-state index in [1.54, 1.807) is 29.2 Å². The number of benzene rings is 1. The molecule has 26 heavy (non-hydrogen) atoms. The highest BCUT2D eigenvalue weighted by Crippen LogP contribution is 2.15. The van der Waals surface area contributed by atoms with Crippen LogP contribution >= 0.6 is 0 Å². The molecule has 0 atom stereocenters. The minimum absolute atomic E-state index is 0.0160. The highest BCUT2D eigenvalue weighted by Gasteiger charge is 2.25. The number of furan rings is 1. The molecule has 7 nitrogen and oxygen atoms in total. The Morgan fingerprint density at radius 3 is 2.50 bits per heavy atom. The van der Waals surface area contributed by atoms with Gasteiger partial charge in [-0.2, -0.15) is 0 Å². The van der Waals surface area contributed by atoms with Crippen molar-refractivity contribution in [3.63, 3.8) is 0 Å². The number of nitrogens with one attached hydrogen (secondary N) is 1. The molecule has 0 aliphatic carbocycles. The number of ether oxygens (including phenoxy) is 1. The number of hydrogen-bond acceptors (Lipinski definition) is 5. The van der Waals surface area contributed by atoms with Gasteiger partial charge in [-0.1, -0.05) is 6.07 Å². The number of likely N-dealkylation sites (tertiary alicyclic amines) is 1. The molecule has 0 unspecified atom stereocenters. The summed E-state index contributed by atoms with van der Waals surface area (Å²) >= 11 is 0. The number of nitrogens with zero attached hydrogens (tertiary/aromatic N) is 1. The van der Waals surface area contributed by atoms with Crippen molar-refractivity contribution in [2.45, 2.75) is 18.9 Å². The molecule has 0 saturated carbocycles. The van der Waals surface area contributed by atoms with E-state index in [4.69, 9.17) is 4.42 Å². The van der Waals surface area contributed by atoms with Crippen LogP contribution in [0.2, 0.25) is 0 Å². The van der Waals surface area contributed by atoms with Gasteiger partial charge >= 0.3 is 5.97 Å². The summed E-state index contributed by atoms with van der Waals surface area (Å²) in [5.74, 6) is -0.782. The van der Waals surface area contributed by atoms with Crippen LogP contribution in [0, 0.1) is 0 Å². The van der Waals surface area contributed by atoms with E-state index < -0.39 is 5.97 Å². The Bertz CT molecular complexity index is 792. The first-order chi connectivity index (χ1) is 12.6. The Morgan fingerprint density at radius 2 is 1.85 bits per heavy atom. The van der Waals surface area contributed by atoms with Crippen LogP contribution in [0.4, 0.5) is 0 Å². The average Bonchev–Trinajstić information content (AvgIpc) is 3.22. The summed E-state index contributed by atoms with van der Waals surface area (Å²) in [4.78, 5) is 38.0. The zero-order valence-corrected chi connectivity index (χ0v) is 14.4. The van der Waals surface area contributed by atoms with Crippen LogP contribution in [0.1, 0.15) is 43.9 Å². The van der Waals surface area contributed by atoms with Crippen molar-refractivity contribution in [2.24, 2.45) is 0 Å². The summed E-state index contributed by atoms with van der Waals surface area (Å²) in [5, 5.41) is 2.97. The molecule has 1 N–H and O–H groups in total. The smallest absolute Gasteiger partial charge is 0.337 e. The summed E-state index contributed by atoms with van der Waals surface area (Å²) < 4.78 is 9.62. The van der Waals surface area contributed by atoms with Crippen molar-refractivity contribution >= 4 is 17.8 Å². The summed E-state index contributed by atoms with van der Waals surface area (Å²) in [7, 11) is 1.30. The normalized spacial score (nSPS) is 14.7. The molecular formula is C19H20N2O5. The van der Waals surface area contributed by atoms with Gasteiger partial charge in [-0.05, 0) is 37.1 Å². The summed E-state index contributed by atoms with van der Waals surface area (Å²) in [5.41, 5.74) is 1.28. The van der Waals surface area contributed by atoms with Crippen LogP contribution in [0.15, 0.2) is 47.3 Å². The molecule has 0 bridgehead atoms. The van der Waals surface area contributed by atoms with E-state index in [-0.39, 0.29) is 17.9 Å². The van der Waals surface area contributed by atoms with Crippen molar-refractivity contribution in [1.82, 2.24) is 10.2 Å². The number of methoxy groups -OCH3 is 1. The second kappa shape index (κ2) is 7.86. The van der Waals surface area contributed by atoms with Gasteiger partial charge in [0.25, 0.3) is 11.8 Å². The maximum atomic E-state index is 12.4. The van der Waals surface area contributed by atoms with Gasteiger partial charge in [0.1, 0.15) is 6.26 Å². The van der Waals surface area contributed by atoms with E-state index in [1.807, 2.05) is 0 Å². The molecule has 1 aliphatic rings. The van der Waals surface area contributed by atoms with E-state index in [0.29, 0.717) is 42.6 Å². The van der Waals surface area contributed by atoms with E-state index in [0.717, 1.165) is 0 Å². The number of amides is 2. The molecule has 0 spiro atoms. The second-order valence-corrected chi connectivity index (χ2v) is 6.12. The Balaban J connectivity index is 1.55. The van der Waals surface area contributed by atoms with Crippen LogP contribution in [0.3, 0.4) is 0 Å². The summed E-state index contributed by atoms with van der Waals surface area (Å²) in [6.45, 7) is 1.13. The van der Waals surface area contributed by atoms with Crippen LogP contribution < -0.4 is 5.32 Å². The molecule has 1 aromatic carbocycles. The Labute approximate surface area is 150 Å². The molecule has 2 heterocycles. The minimum Gasteiger partial charge on any atom is -0.472 e. The number of rotatable bonds is 4. The van der Waals surface area contributed by atoms with Crippen LogP contribution in [-0.4, -0.2) is 48.9 Å². The molecule has 0 radical (unpaired) electrons. The van der Waals surface area contributed by atoms with Crippen molar-refractivity contribution in [2.75, 3.05) is 20.2 Å². The van der Waals surface area contributed by atoms with Gasteiger partial charge < -0.3 is 19.4 Å². The van der Waals surface area contributed by atoms with Gasteiger partial charge in [0.05, 0.1) is 24.5 Å². The SMILES string of the molecule is COC(=O)c1cccc(C(=O)NC2CCN(C(=O)c3ccoc3)CC2)c1. The molecule has 3 rings (SSSR count). The maximum absolute atomic E-state index is 12.4. The van der Waals surface area contributed by atoms with E-state index in [1.165, 1.54) is 25.7 Å². The molecule has 1 aromatic heterocycles. The number of carbonyl (C=O) groups is 3. The number of esters is 1. The Morgan fingerprint density at radius 1 is 1.12 bits per heavy atom. The average molecular weight is 356 g/mol. The maximum Gasteiger partial charge on any atom is 0.337 e. The number of piperidine rings is 1. The highest BCUT2D eigenvalue weighted by atomic mass is 16.5. The Hall–Kier alpha value is -3.09. The van der Waals surface area contributed by atoms with Gasteiger partial charge in [0.2, 0.25) is 0 Å². The lowest BCUT2D eigenvalue weighted by atomic mass is 10.0. The first-order valence-electron chi connectivity index (χ1n) is 8.39. The zero-order valence-electron chi connectivity index (χ0n) is 14.4. The van der Waals surface area contributed by atoms with E-state index in [9.17, 15) is 14.4 Å². The third-order valence-electron chi connectivity index (χ3n) is 4.43. The van der Waals surface area contributed by atoms with E-state index in [2.05, 4.69) is 10.1 Å². The first kappa shape index (κ1) is 17.7. The predicted octanol–water partition coefficient (Wildman–Crippen LogP) is 2.10. The fraction of sp³-hybridized carbons (Fsp3) is 0.316. The Kier molecular flexibility index (Phi) is 5.36. The molecule has 1 aliphatic heterocycles. The lowest BCUT2D eigenvalue weighted by molar-refractivity contribution is 0.0600. The van der Waals surface area contributed by atoms with E-state index >= 15 is 0 Å². The van der Waals surface area contributed by atoms with Gasteiger partial charge in [0.15, 0.2) is 0 Å². The number of carbonyl (C=O) groups excluding carboxylic acids is 3.